The molecule has 2 aliphatic heterocycles. The van der Waals surface area contributed by atoms with E-state index in [4.69, 9.17) is 18.9 Å². The number of aliphatic hydroxyl groups excluding tert-OH is 1. The van der Waals surface area contributed by atoms with E-state index in [2.05, 4.69) is 4.72 Å². The Hall–Kier alpha value is -1.67. The zero-order chi connectivity index (χ0) is 22.3. The van der Waals surface area contributed by atoms with E-state index < -0.39 is 50.9 Å². The number of nitrogens with one attached hydrogen (secondary N) is 1. The van der Waals surface area contributed by atoms with E-state index in [0.29, 0.717) is 0 Å². The van der Waals surface area contributed by atoms with Gasteiger partial charge in [0, 0.05) is 18.7 Å². The summed E-state index contributed by atoms with van der Waals surface area (Å²) in [4.78, 5) is 10.00. The van der Waals surface area contributed by atoms with Crippen molar-refractivity contribution in [2.45, 2.75) is 68.6 Å². The van der Waals surface area contributed by atoms with Gasteiger partial charge in [-0.15, -0.1) is 0 Å². The highest BCUT2D eigenvalue weighted by Gasteiger charge is 2.49. The second kappa shape index (κ2) is 8.11. The molecule has 0 amide bonds. The van der Waals surface area contributed by atoms with Crippen molar-refractivity contribution in [3.05, 3.63) is 34.4 Å². The van der Waals surface area contributed by atoms with Crippen LogP contribution >= 0.6 is 0 Å². The molecule has 2 fully saturated rings. The van der Waals surface area contributed by atoms with Gasteiger partial charge in [0.15, 0.2) is 11.6 Å². The van der Waals surface area contributed by atoms with Crippen molar-refractivity contribution in [2.75, 3.05) is 13.2 Å². The first-order valence-electron chi connectivity index (χ1n) is 9.39. The molecule has 0 bridgehead atoms. The van der Waals surface area contributed by atoms with Crippen LogP contribution in [0.25, 0.3) is 0 Å². The van der Waals surface area contributed by atoms with Gasteiger partial charge in [0.25, 0.3) is 5.69 Å². The maximum Gasteiger partial charge on any atom is 0.269 e. The topological polar surface area (TPSA) is 146 Å². The molecule has 0 aromatic heterocycles. The van der Waals surface area contributed by atoms with Gasteiger partial charge >= 0.3 is 0 Å². The molecule has 2 heterocycles. The summed E-state index contributed by atoms with van der Waals surface area (Å²) >= 11 is 0. The quantitative estimate of drug-likeness (QED) is 0.461. The Balaban J connectivity index is 1.69. The highest BCUT2D eigenvalue weighted by Crippen LogP contribution is 2.34. The third-order valence-corrected chi connectivity index (χ3v) is 6.24. The highest BCUT2D eigenvalue weighted by atomic mass is 32.2. The van der Waals surface area contributed by atoms with Crippen molar-refractivity contribution in [2.24, 2.45) is 0 Å². The molecule has 1 aromatic carbocycles. The number of hydrogen-bond donors (Lipinski definition) is 2. The monoisotopic (exact) mass is 446 g/mol. The van der Waals surface area contributed by atoms with Gasteiger partial charge in [0.2, 0.25) is 10.0 Å². The molecule has 2 N–H and O–H groups in total. The molecule has 4 atom stereocenters. The van der Waals surface area contributed by atoms with Crippen LogP contribution in [0.15, 0.2) is 29.2 Å². The van der Waals surface area contributed by atoms with E-state index in [1.165, 1.54) is 0 Å². The molecule has 2 saturated heterocycles. The van der Waals surface area contributed by atoms with Crippen LogP contribution in [0.1, 0.15) is 27.7 Å². The summed E-state index contributed by atoms with van der Waals surface area (Å²) in [6, 6.07) is 4.51. The van der Waals surface area contributed by atoms with E-state index in [-0.39, 0.29) is 23.7 Å². The number of nitro groups is 1. The lowest BCUT2D eigenvalue weighted by atomic mass is 10.0. The van der Waals surface area contributed by atoms with Gasteiger partial charge in [-0.1, -0.05) is 0 Å². The molecule has 2 aliphatic rings. The number of nitrogens with zero attached hydrogens (tertiary/aromatic N) is 1. The Morgan fingerprint density at radius 3 is 2.33 bits per heavy atom. The fraction of sp³-hybridized carbons (Fsp3) is 0.667. The largest absolute Gasteiger partial charge is 0.387 e. The minimum Gasteiger partial charge on any atom is -0.387 e. The molecule has 0 aliphatic carbocycles. The predicted molar refractivity (Wildman–Crippen MR) is 103 cm³/mol. The fourth-order valence-electron chi connectivity index (χ4n) is 3.43. The molecule has 0 saturated carbocycles. The number of sulfonamides is 1. The van der Waals surface area contributed by atoms with Crippen LogP contribution in [-0.2, 0) is 29.0 Å². The van der Waals surface area contributed by atoms with Crippen LogP contribution < -0.4 is 4.72 Å². The molecule has 168 valence electrons. The van der Waals surface area contributed by atoms with Crippen LogP contribution in [0.2, 0.25) is 0 Å². The second-order valence-electron chi connectivity index (χ2n) is 8.10. The van der Waals surface area contributed by atoms with Gasteiger partial charge in [-0.2, -0.15) is 0 Å². The molecule has 1 aromatic rings. The van der Waals surface area contributed by atoms with E-state index in [9.17, 15) is 23.6 Å². The van der Waals surface area contributed by atoms with Crippen LogP contribution in [0.3, 0.4) is 0 Å². The minimum absolute atomic E-state index is 0.127. The molecule has 0 radical (unpaired) electrons. The first kappa shape index (κ1) is 23.0. The van der Waals surface area contributed by atoms with Crippen LogP contribution in [-0.4, -0.2) is 67.6 Å². The van der Waals surface area contributed by atoms with Crippen LogP contribution in [0.4, 0.5) is 5.69 Å². The Bertz CT molecular complexity index is 885. The van der Waals surface area contributed by atoms with Gasteiger partial charge < -0.3 is 24.1 Å². The van der Waals surface area contributed by atoms with Crippen molar-refractivity contribution in [3.63, 3.8) is 0 Å². The van der Waals surface area contributed by atoms with Gasteiger partial charge in [0.1, 0.15) is 24.4 Å². The molecule has 30 heavy (non-hydrogen) atoms. The molecule has 0 spiro atoms. The summed E-state index contributed by atoms with van der Waals surface area (Å²) < 4.78 is 50.3. The van der Waals surface area contributed by atoms with Crippen molar-refractivity contribution < 1.29 is 37.4 Å². The SMILES string of the molecule is CC1(C)OC[C@H]([C@@H](O)[C@@H]2OC(C)(C)O[C@@H]2CNS(=O)(=O)c2ccc([N+](=O)[O-])cc2)O1. The lowest BCUT2D eigenvalue weighted by molar-refractivity contribution is -0.384. The lowest BCUT2D eigenvalue weighted by Gasteiger charge is -2.27. The van der Waals surface area contributed by atoms with Gasteiger partial charge in [-0.3, -0.25) is 10.1 Å². The van der Waals surface area contributed by atoms with Crippen molar-refractivity contribution in [1.29, 1.82) is 0 Å². The maximum absolute atomic E-state index is 12.6. The molecular weight excluding hydrogens is 420 g/mol. The number of benzene rings is 1. The number of non-ortho nitro benzene ring substituents is 1. The molecule has 12 heteroatoms. The molecular formula is C18H26N2O9S. The highest BCUT2D eigenvalue weighted by molar-refractivity contribution is 7.89. The van der Waals surface area contributed by atoms with Gasteiger partial charge in [-0.25, -0.2) is 13.1 Å². The first-order valence-corrected chi connectivity index (χ1v) is 10.9. The maximum atomic E-state index is 12.6. The third-order valence-electron chi connectivity index (χ3n) is 4.80. The Morgan fingerprint density at radius 2 is 1.80 bits per heavy atom. The van der Waals surface area contributed by atoms with Gasteiger partial charge in [0.05, 0.1) is 16.4 Å². The average molecular weight is 446 g/mol. The zero-order valence-electron chi connectivity index (χ0n) is 17.1. The van der Waals surface area contributed by atoms with Crippen molar-refractivity contribution in [3.8, 4) is 0 Å². The summed E-state index contributed by atoms with van der Waals surface area (Å²) in [7, 11) is -3.96. The Morgan fingerprint density at radius 1 is 1.17 bits per heavy atom. The summed E-state index contributed by atoms with van der Waals surface area (Å²) in [5.74, 6) is -1.88. The number of nitro benzene ring substituents is 1. The summed E-state index contributed by atoms with van der Waals surface area (Å²) in [5.41, 5.74) is -0.215. The van der Waals surface area contributed by atoms with E-state index >= 15 is 0 Å². The molecule has 11 nitrogen and oxygen atoms in total. The summed E-state index contributed by atoms with van der Waals surface area (Å²) in [6.45, 7) is 6.76. The van der Waals surface area contributed by atoms with Crippen LogP contribution in [0, 0.1) is 10.1 Å². The predicted octanol–water partition coefficient (Wildman–Crippen LogP) is 0.906. The number of ether oxygens (including phenoxy) is 4. The number of rotatable bonds is 7. The summed E-state index contributed by atoms with van der Waals surface area (Å²) in [5, 5.41) is 21.5. The molecule has 3 rings (SSSR count). The number of hydrogen-bond acceptors (Lipinski definition) is 9. The van der Waals surface area contributed by atoms with Crippen molar-refractivity contribution >= 4 is 15.7 Å². The minimum atomic E-state index is -3.96. The van der Waals surface area contributed by atoms with Gasteiger partial charge in [-0.05, 0) is 39.8 Å². The Kier molecular flexibility index (Phi) is 6.22. The average Bonchev–Trinajstić information content (AvgIpc) is 3.17. The smallest absolute Gasteiger partial charge is 0.269 e. The van der Waals surface area contributed by atoms with E-state index in [1.54, 1.807) is 27.7 Å². The van der Waals surface area contributed by atoms with Crippen LogP contribution in [0.5, 0.6) is 0 Å². The second-order valence-corrected chi connectivity index (χ2v) is 9.87. The third kappa shape index (κ3) is 5.14. The zero-order valence-corrected chi connectivity index (χ0v) is 17.9. The standard InChI is InChI=1S/C18H26N2O9S/c1-17(2)26-10-14(28-17)15(21)16-13(27-18(3,4)29-16)9-19-30(24,25)12-7-5-11(6-8-12)20(22)23/h5-8,13-16,19,21H,9-10H2,1-4H3/t13-,14-,15-,16-/m1/s1. The van der Waals surface area contributed by atoms with E-state index in [1.807, 2.05) is 0 Å². The molecule has 0 unspecified atom stereocenters. The first-order chi connectivity index (χ1) is 13.8. The lowest BCUT2D eigenvalue weighted by Crippen LogP contribution is -2.48. The fourth-order valence-corrected chi connectivity index (χ4v) is 4.47. The normalized spacial score (nSPS) is 29.0. The summed E-state index contributed by atoms with van der Waals surface area (Å²) in [6.07, 6.45) is -3.42. The van der Waals surface area contributed by atoms with Crippen molar-refractivity contribution in [1.82, 2.24) is 4.72 Å². The Labute approximate surface area is 174 Å². The van der Waals surface area contributed by atoms with E-state index in [0.717, 1.165) is 24.3 Å². The number of aliphatic hydroxyl groups is 1.